The molecule has 5 heterocycles. The van der Waals surface area contributed by atoms with Gasteiger partial charge < -0.3 is 10.5 Å². The van der Waals surface area contributed by atoms with Gasteiger partial charge in [0.25, 0.3) is 5.56 Å². The number of thiazole rings is 1. The lowest BCUT2D eigenvalue weighted by molar-refractivity contribution is 0.400. The van der Waals surface area contributed by atoms with Gasteiger partial charge in [-0.15, -0.1) is 20.6 Å². The highest BCUT2D eigenvalue weighted by molar-refractivity contribution is 7.92. The minimum Gasteiger partial charge on any atom is -0.480 e. The summed E-state index contributed by atoms with van der Waals surface area (Å²) in [6, 6.07) is 10.5. The van der Waals surface area contributed by atoms with Crippen molar-refractivity contribution in [2.45, 2.75) is 13.0 Å². The van der Waals surface area contributed by atoms with Crippen molar-refractivity contribution in [1.82, 2.24) is 29.1 Å². The number of nitrogens with zero attached hydrogens (tertiary/aromatic N) is 6. The van der Waals surface area contributed by atoms with Gasteiger partial charge in [-0.1, -0.05) is 29.8 Å². The predicted octanol–water partition coefficient (Wildman–Crippen LogP) is 3.96. The SMILES string of the molecule is COc1ncc(-c2nn([C@@H](C)c3cc4scc(Cl)n4c(=O)c3-c3cccc(P)c3)c3ncnc(N)c23)cc1NS(C)(=O)=O. The Morgan fingerprint density at radius 2 is 1.95 bits per heavy atom. The number of nitrogen functional groups attached to an aromatic ring is 1. The van der Waals surface area contributed by atoms with Crippen LogP contribution in [0.4, 0.5) is 11.5 Å². The van der Waals surface area contributed by atoms with Crippen LogP contribution in [0.15, 0.2) is 59.1 Å². The van der Waals surface area contributed by atoms with Crippen LogP contribution in [0.25, 0.3) is 38.2 Å². The maximum absolute atomic E-state index is 14.0. The number of hydrogen-bond acceptors (Lipinski definition) is 10. The van der Waals surface area contributed by atoms with Crippen molar-refractivity contribution in [2.75, 3.05) is 23.8 Å². The molecule has 0 fully saturated rings. The summed E-state index contributed by atoms with van der Waals surface area (Å²) in [5, 5.41) is 8.29. The van der Waals surface area contributed by atoms with E-state index < -0.39 is 16.1 Å². The van der Waals surface area contributed by atoms with E-state index in [0.29, 0.717) is 43.4 Å². The molecule has 0 spiro atoms. The number of ether oxygens (including phenoxy) is 1. The average molecular weight is 655 g/mol. The Balaban J connectivity index is 1.60. The molecule has 2 atom stereocenters. The second-order valence-electron chi connectivity index (χ2n) is 9.72. The molecule has 3 N–H and O–H groups in total. The van der Waals surface area contributed by atoms with E-state index in [1.54, 1.807) is 16.1 Å². The fourth-order valence-corrected chi connectivity index (χ4v) is 6.98. The Hall–Kier alpha value is -4.10. The Kier molecular flexibility index (Phi) is 7.33. The van der Waals surface area contributed by atoms with E-state index >= 15 is 0 Å². The summed E-state index contributed by atoms with van der Waals surface area (Å²) in [5.74, 6) is 0.253. The van der Waals surface area contributed by atoms with E-state index in [1.807, 2.05) is 37.3 Å². The summed E-state index contributed by atoms with van der Waals surface area (Å²) in [6.07, 6.45) is 3.87. The zero-order valence-corrected chi connectivity index (χ0v) is 26.5. The highest BCUT2D eigenvalue weighted by Gasteiger charge is 2.26. The summed E-state index contributed by atoms with van der Waals surface area (Å²) in [4.78, 5) is 27.6. The van der Waals surface area contributed by atoms with Gasteiger partial charge in [0.2, 0.25) is 15.9 Å². The quantitative estimate of drug-likeness (QED) is 0.243. The maximum atomic E-state index is 14.0. The lowest BCUT2D eigenvalue weighted by atomic mass is 9.97. The van der Waals surface area contributed by atoms with E-state index in [2.05, 4.69) is 28.9 Å². The van der Waals surface area contributed by atoms with Crippen molar-refractivity contribution in [3.63, 3.8) is 0 Å². The van der Waals surface area contributed by atoms with Gasteiger partial charge in [0.1, 0.15) is 33.5 Å². The largest absolute Gasteiger partial charge is 0.480 e. The van der Waals surface area contributed by atoms with E-state index in [9.17, 15) is 13.2 Å². The first kappa shape index (κ1) is 29.0. The lowest BCUT2D eigenvalue weighted by Gasteiger charge is -2.18. The van der Waals surface area contributed by atoms with Crippen molar-refractivity contribution in [3.8, 4) is 28.3 Å². The second kappa shape index (κ2) is 10.9. The van der Waals surface area contributed by atoms with Gasteiger partial charge in [0.15, 0.2) is 5.65 Å². The number of rotatable bonds is 7. The van der Waals surface area contributed by atoms with Crippen LogP contribution >= 0.6 is 32.2 Å². The van der Waals surface area contributed by atoms with Gasteiger partial charge in [0.05, 0.1) is 30.4 Å². The molecule has 12 nitrogen and oxygen atoms in total. The van der Waals surface area contributed by atoms with Gasteiger partial charge in [-0.25, -0.2) is 28.1 Å². The molecule has 0 aliphatic rings. The molecule has 16 heteroatoms. The summed E-state index contributed by atoms with van der Waals surface area (Å²) in [5.41, 5.74) is 9.33. The third-order valence-corrected chi connectivity index (χ3v) is 9.06. The maximum Gasteiger partial charge on any atom is 0.265 e. The van der Waals surface area contributed by atoms with Crippen LogP contribution in [0, 0.1) is 0 Å². The molecule has 0 aliphatic carbocycles. The Labute approximate surface area is 256 Å². The highest BCUT2D eigenvalue weighted by Crippen LogP contribution is 2.38. The number of nitrogens with one attached hydrogen (secondary N) is 1. The summed E-state index contributed by atoms with van der Waals surface area (Å²) in [7, 11) is 0.393. The molecule has 0 amide bonds. The molecule has 0 aliphatic heterocycles. The number of sulfonamides is 1. The van der Waals surface area contributed by atoms with Crippen LogP contribution in [-0.2, 0) is 10.0 Å². The summed E-state index contributed by atoms with van der Waals surface area (Å²) >= 11 is 7.78. The topological polar surface area (TPSA) is 159 Å². The molecule has 0 saturated heterocycles. The number of methoxy groups -OCH3 is 1. The molecule has 6 aromatic rings. The predicted molar refractivity (Wildman–Crippen MR) is 173 cm³/mol. The van der Waals surface area contributed by atoms with Crippen LogP contribution < -0.4 is 26.1 Å². The van der Waals surface area contributed by atoms with Crippen LogP contribution in [0.2, 0.25) is 5.15 Å². The number of nitrogens with two attached hydrogens (primary N) is 1. The average Bonchev–Trinajstić information content (AvgIpc) is 3.53. The number of benzene rings is 1. The molecule has 0 radical (unpaired) electrons. The minimum absolute atomic E-state index is 0.0832. The molecular formula is C27H24ClN8O4PS2. The Morgan fingerprint density at radius 3 is 2.67 bits per heavy atom. The van der Waals surface area contributed by atoms with Gasteiger partial charge in [-0.3, -0.25) is 13.9 Å². The molecule has 0 saturated carbocycles. The number of aromatic nitrogens is 6. The van der Waals surface area contributed by atoms with Gasteiger partial charge >= 0.3 is 0 Å². The molecule has 6 rings (SSSR count). The van der Waals surface area contributed by atoms with E-state index in [-0.39, 0.29) is 22.9 Å². The van der Waals surface area contributed by atoms with Crippen molar-refractivity contribution in [1.29, 1.82) is 0 Å². The smallest absolute Gasteiger partial charge is 0.265 e. The zero-order chi connectivity index (χ0) is 30.6. The highest BCUT2D eigenvalue weighted by atomic mass is 35.5. The molecule has 220 valence electrons. The van der Waals surface area contributed by atoms with Crippen molar-refractivity contribution in [3.05, 3.63) is 75.4 Å². The normalized spacial score (nSPS) is 12.6. The van der Waals surface area contributed by atoms with E-state index in [1.165, 1.54) is 35.4 Å². The standard InChI is InChI=1S/C27H24ClN8O4PS2/c1-13(17-9-20-35(19(28)11-42-20)27(37)21(17)14-5-4-6-16(41)7-14)36-25-22(24(29)31-12-32-25)23(33-36)15-8-18(34-43(3,38)39)26(40-2)30-10-15/h4-13,34H,41H2,1-3H3,(H2,29,31,32)/t13-/m0/s1. The van der Waals surface area contributed by atoms with E-state index in [4.69, 9.17) is 27.2 Å². The summed E-state index contributed by atoms with van der Waals surface area (Å²) in [6.45, 7) is 1.91. The molecule has 43 heavy (non-hydrogen) atoms. The number of pyridine rings is 2. The van der Waals surface area contributed by atoms with Crippen molar-refractivity contribution in [2.24, 2.45) is 0 Å². The van der Waals surface area contributed by atoms with Crippen LogP contribution in [-0.4, -0.2) is 50.9 Å². The van der Waals surface area contributed by atoms with Gasteiger partial charge in [-0.2, -0.15) is 5.10 Å². The fraction of sp³-hybridized carbons (Fsp3) is 0.148. The fourth-order valence-electron chi connectivity index (χ4n) is 4.99. The monoisotopic (exact) mass is 654 g/mol. The molecular weight excluding hydrogens is 631 g/mol. The Bertz CT molecular complexity index is 2230. The zero-order valence-electron chi connectivity index (χ0n) is 22.9. The Morgan fingerprint density at radius 1 is 1.16 bits per heavy atom. The lowest BCUT2D eigenvalue weighted by Crippen LogP contribution is -2.21. The van der Waals surface area contributed by atoms with E-state index in [0.717, 1.165) is 17.1 Å². The first-order valence-electron chi connectivity index (χ1n) is 12.7. The third-order valence-electron chi connectivity index (χ3n) is 6.82. The van der Waals surface area contributed by atoms with Gasteiger partial charge in [0, 0.05) is 17.1 Å². The third kappa shape index (κ3) is 5.20. The first-order valence-corrected chi connectivity index (χ1v) is 16.4. The first-order chi connectivity index (χ1) is 20.5. The number of fused-ring (bicyclic) bond motifs is 2. The summed E-state index contributed by atoms with van der Waals surface area (Å²) < 4.78 is 34.9. The molecule has 0 bridgehead atoms. The van der Waals surface area contributed by atoms with Crippen molar-refractivity contribution < 1.29 is 13.2 Å². The second-order valence-corrected chi connectivity index (χ2v) is 13.4. The van der Waals surface area contributed by atoms with Gasteiger partial charge in [-0.05, 0) is 41.6 Å². The molecule has 1 unspecified atom stereocenters. The number of halogens is 1. The van der Waals surface area contributed by atoms with Crippen LogP contribution in [0.1, 0.15) is 18.5 Å². The number of hydrogen-bond donors (Lipinski definition) is 2. The number of anilines is 2. The molecule has 5 aromatic heterocycles. The minimum atomic E-state index is -3.64. The van der Waals surface area contributed by atoms with Crippen LogP contribution in [0.3, 0.4) is 0 Å². The van der Waals surface area contributed by atoms with Crippen LogP contribution in [0.5, 0.6) is 5.88 Å². The molecule has 1 aromatic carbocycles. The van der Waals surface area contributed by atoms with Crippen molar-refractivity contribution >= 4 is 74.9 Å².